The van der Waals surface area contributed by atoms with Gasteiger partial charge in [-0.25, -0.2) is 0 Å². The van der Waals surface area contributed by atoms with Gasteiger partial charge in [-0.3, -0.25) is 0 Å². The summed E-state index contributed by atoms with van der Waals surface area (Å²) in [6, 6.07) is 0. The Balaban J connectivity index is 1.53. The SMILES string of the molecule is CON=C1CC[C@@]2(C)[C@@H](CC[C@@H]3[C@@H]2CC[C@]2(C)[C@@H](C(CO[Si](C)(C)C)=NOC)CC[C@@H]32)C1. The van der Waals surface area contributed by atoms with Crippen LogP contribution in [0, 0.1) is 40.4 Å². The van der Waals surface area contributed by atoms with E-state index >= 15 is 0 Å². The largest absolute Gasteiger partial charge is 0.412 e. The summed E-state index contributed by atoms with van der Waals surface area (Å²) in [6.45, 7) is 12.6. The molecule has 4 rings (SSSR count). The molecule has 32 heavy (non-hydrogen) atoms. The van der Waals surface area contributed by atoms with Crippen molar-refractivity contribution in [3.8, 4) is 0 Å². The molecule has 0 bridgehead atoms. The second-order valence-corrected chi connectivity index (χ2v) is 17.1. The van der Waals surface area contributed by atoms with E-state index in [2.05, 4.69) is 43.8 Å². The summed E-state index contributed by atoms with van der Waals surface area (Å²) in [7, 11) is 1.78. The highest BCUT2D eigenvalue weighted by Gasteiger charge is 2.60. The van der Waals surface area contributed by atoms with Crippen molar-refractivity contribution >= 4 is 19.7 Å². The predicted octanol–water partition coefficient (Wildman–Crippen LogP) is 6.50. The smallest absolute Gasteiger partial charge is 0.184 e. The highest BCUT2D eigenvalue weighted by molar-refractivity contribution is 6.69. The lowest BCUT2D eigenvalue weighted by molar-refractivity contribution is -0.0965. The van der Waals surface area contributed by atoms with Crippen molar-refractivity contribution in [2.24, 2.45) is 50.7 Å². The van der Waals surface area contributed by atoms with Crippen LogP contribution >= 0.6 is 0 Å². The molecule has 0 aromatic heterocycles. The van der Waals surface area contributed by atoms with Crippen LogP contribution in [0.25, 0.3) is 0 Å². The van der Waals surface area contributed by atoms with Gasteiger partial charge in [-0.15, -0.1) is 0 Å². The number of nitrogens with zero attached hydrogens (tertiary/aromatic N) is 2. The zero-order valence-electron chi connectivity index (χ0n) is 21.6. The summed E-state index contributed by atoms with van der Waals surface area (Å²) in [4.78, 5) is 10.5. The number of fused-ring (bicyclic) bond motifs is 5. The first-order valence-corrected chi connectivity index (χ1v) is 16.4. The van der Waals surface area contributed by atoms with E-state index in [0.717, 1.165) is 42.2 Å². The lowest BCUT2D eigenvalue weighted by atomic mass is 9.44. The van der Waals surface area contributed by atoms with Crippen molar-refractivity contribution in [2.75, 3.05) is 20.8 Å². The molecule has 182 valence electrons. The van der Waals surface area contributed by atoms with E-state index < -0.39 is 8.32 Å². The van der Waals surface area contributed by atoms with Crippen molar-refractivity contribution in [3.63, 3.8) is 0 Å². The van der Waals surface area contributed by atoms with Gasteiger partial charge in [-0.2, -0.15) is 0 Å². The number of hydrogen-bond acceptors (Lipinski definition) is 5. The van der Waals surface area contributed by atoms with Gasteiger partial charge in [0, 0.05) is 5.92 Å². The van der Waals surface area contributed by atoms with Gasteiger partial charge in [0.1, 0.15) is 14.2 Å². The zero-order valence-corrected chi connectivity index (χ0v) is 22.6. The molecule has 5 nitrogen and oxygen atoms in total. The van der Waals surface area contributed by atoms with Crippen LogP contribution in [0.1, 0.15) is 71.6 Å². The number of oxime groups is 2. The molecule has 4 aliphatic rings. The summed E-state index contributed by atoms with van der Waals surface area (Å²) in [5.74, 6) is 3.82. The fraction of sp³-hybridized carbons (Fsp3) is 0.923. The van der Waals surface area contributed by atoms with Gasteiger partial charge >= 0.3 is 0 Å². The molecule has 0 spiro atoms. The quantitative estimate of drug-likeness (QED) is 0.257. The summed E-state index contributed by atoms with van der Waals surface area (Å²) < 4.78 is 6.31. The van der Waals surface area contributed by atoms with Crippen molar-refractivity contribution < 1.29 is 14.1 Å². The minimum atomic E-state index is -1.59. The maximum Gasteiger partial charge on any atom is 0.184 e. The first-order valence-electron chi connectivity index (χ1n) is 12.9. The Morgan fingerprint density at radius 1 is 0.938 bits per heavy atom. The van der Waals surface area contributed by atoms with Crippen molar-refractivity contribution in [1.29, 1.82) is 0 Å². The van der Waals surface area contributed by atoms with Crippen molar-refractivity contribution in [3.05, 3.63) is 0 Å². The second kappa shape index (κ2) is 9.05. The topological polar surface area (TPSA) is 52.4 Å². The van der Waals surface area contributed by atoms with Crippen LogP contribution in [0.15, 0.2) is 10.3 Å². The van der Waals surface area contributed by atoms with E-state index in [1.165, 1.54) is 50.7 Å². The maximum atomic E-state index is 6.31. The van der Waals surface area contributed by atoms with E-state index in [9.17, 15) is 0 Å². The van der Waals surface area contributed by atoms with E-state index in [1.807, 2.05) is 0 Å². The molecule has 7 atom stereocenters. The molecule has 0 aliphatic heterocycles. The molecule has 4 fully saturated rings. The molecule has 0 radical (unpaired) electrons. The molecule has 0 unspecified atom stereocenters. The molecule has 0 aromatic rings. The summed E-state index contributed by atoms with van der Waals surface area (Å²) in [5.41, 5.74) is 3.26. The van der Waals surface area contributed by atoms with Gasteiger partial charge in [0.15, 0.2) is 8.32 Å². The number of rotatable bonds is 6. The van der Waals surface area contributed by atoms with Gasteiger partial charge in [0.25, 0.3) is 0 Å². The van der Waals surface area contributed by atoms with Crippen molar-refractivity contribution in [1.82, 2.24) is 0 Å². The Labute approximate surface area is 196 Å². The molecule has 6 heteroatoms. The zero-order chi connectivity index (χ0) is 23.1. The van der Waals surface area contributed by atoms with E-state index in [4.69, 9.17) is 14.1 Å². The first kappa shape index (κ1) is 24.2. The summed E-state index contributed by atoms with van der Waals surface area (Å²) >= 11 is 0. The molecule has 4 saturated carbocycles. The maximum absolute atomic E-state index is 6.31. The lowest BCUT2D eigenvalue weighted by Crippen LogP contribution is -2.54. The van der Waals surface area contributed by atoms with E-state index in [0.29, 0.717) is 23.4 Å². The fourth-order valence-electron chi connectivity index (χ4n) is 8.42. The Morgan fingerprint density at radius 2 is 1.69 bits per heavy atom. The Morgan fingerprint density at radius 3 is 2.38 bits per heavy atom. The summed E-state index contributed by atoms with van der Waals surface area (Å²) in [5, 5.41) is 8.88. The van der Waals surface area contributed by atoms with Gasteiger partial charge in [-0.1, -0.05) is 24.2 Å². The third-order valence-electron chi connectivity index (χ3n) is 9.98. The highest BCUT2D eigenvalue weighted by atomic mass is 28.4. The normalized spacial score (nSPS) is 43.4. The third-order valence-corrected chi connectivity index (χ3v) is 11.0. The van der Waals surface area contributed by atoms with Crippen molar-refractivity contribution in [2.45, 2.75) is 91.3 Å². The van der Waals surface area contributed by atoms with Crippen LogP contribution in [0.4, 0.5) is 0 Å². The Bertz CT molecular complexity index is 748. The molecule has 0 amide bonds. The minimum absolute atomic E-state index is 0.335. The molecular formula is C26H46N2O3Si. The number of hydrogen-bond donors (Lipinski definition) is 0. The molecule has 0 heterocycles. The fourth-order valence-corrected chi connectivity index (χ4v) is 9.00. The highest BCUT2D eigenvalue weighted by Crippen LogP contribution is 2.67. The van der Waals surface area contributed by atoms with E-state index in [-0.39, 0.29) is 0 Å². The van der Waals surface area contributed by atoms with Crippen LogP contribution in [-0.4, -0.2) is 40.6 Å². The second-order valence-electron chi connectivity index (χ2n) is 12.5. The van der Waals surface area contributed by atoms with Gasteiger partial charge in [0.05, 0.1) is 18.0 Å². The van der Waals surface area contributed by atoms with Crippen LogP contribution in [0.3, 0.4) is 0 Å². The third kappa shape index (κ3) is 4.31. The van der Waals surface area contributed by atoms with Gasteiger partial charge < -0.3 is 14.1 Å². The van der Waals surface area contributed by atoms with Crippen LogP contribution in [0.2, 0.25) is 19.6 Å². The lowest BCUT2D eigenvalue weighted by Gasteiger charge is -2.60. The Hall–Kier alpha value is -0.883. The standard InChI is InChI=1S/C26H46N2O3Si/c1-25-14-12-19(27-29-3)16-18(25)8-9-20-21-10-11-23(26(21,2)15-13-22(20)25)24(28-30-4)17-31-32(5,6)7/h18,20-23H,8-17H2,1-7H3/t18-,20-,21-,22-,23+,25-,26-/m0/s1. The van der Waals surface area contributed by atoms with Gasteiger partial charge in [0.2, 0.25) is 0 Å². The van der Waals surface area contributed by atoms with Gasteiger partial charge in [-0.05, 0) is 112 Å². The van der Waals surface area contributed by atoms with E-state index in [1.54, 1.807) is 14.2 Å². The predicted molar refractivity (Wildman–Crippen MR) is 133 cm³/mol. The van der Waals surface area contributed by atoms with Crippen LogP contribution in [0.5, 0.6) is 0 Å². The average molecular weight is 463 g/mol. The molecule has 0 N–H and O–H groups in total. The molecule has 4 aliphatic carbocycles. The Kier molecular flexibility index (Phi) is 6.86. The average Bonchev–Trinajstić information content (AvgIpc) is 3.08. The first-order chi connectivity index (χ1) is 15.1. The molecule has 0 saturated heterocycles. The van der Waals surface area contributed by atoms with Crippen LogP contribution in [-0.2, 0) is 14.1 Å². The molecule has 0 aromatic carbocycles. The minimum Gasteiger partial charge on any atom is -0.412 e. The van der Waals surface area contributed by atoms with Crippen LogP contribution < -0.4 is 0 Å². The molecular weight excluding hydrogens is 416 g/mol. The monoisotopic (exact) mass is 462 g/mol. The summed E-state index contributed by atoms with van der Waals surface area (Å²) in [6.07, 6.45) is 11.6.